The van der Waals surface area contributed by atoms with E-state index in [1.807, 2.05) is 12.1 Å². The fourth-order valence-electron chi connectivity index (χ4n) is 1.64. The Morgan fingerprint density at radius 3 is 2.71 bits per heavy atom. The van der Waals surface area contributed by atoms with Gasteiger partial charge in [0.1, 0.15) is 5.75 Å². The molecule has 0 aliphatic heterocycles. The summed E-state index contributed by atoms with van der Waals surface area (Å²) in [6.07, 6.45) is 2.60. The lowest BCUT2D eigenvalue weighted by Crippen LogP contribution is -2.23. The zero-order valence-electron chi connectivity index (χ0n) is 10.3. The fourth-order valence-corrected chi connectivity index (χ4v) is 1.64. The molecule has 2 rings (SSSR count). The summed E-state index contributed by atoms with van der Waals surface area (Å²) in [4.78, 5) is 13.5. The van der Waals surface area contributed by atoms with Crippen LogP contribution in [0.25, 0.3) is 0 Å². The molecular weight excluding hydrogens is 216 g/mol. The van der Waals surface area contributed by atoms with E-state index < -0.39 is 0 Å². The number of amides is 1. The van der Waals surface area contributed by atoms with E-state index in [1.54, 1.807) is 25.1 Å². The minimum atomic E-state index is -0.0246. The first kappa shape index (κ1) is 11.9. The Morgan fingerprint density at radius 2 is 2.18 bits per heavy atom. The molecule has 17 heavy (non-hydrogen) atoms. The van der Waals surface area contributed by atoms with Gasteiger partial charge in [0.15, 0.2) is 0 Å². The van der Waals surface area contributed by atoms with Crippen LogP contribution in [-0.2, 0) is 6.54 Å². The summed E-state index contributed by atoms with van der Waals surface area (Å²) >= 11 is 0. The first-order valence-electron chi connectivity index (χ1n) is 5.83. The predicted molar refractivity (Wildman–Crippen MR) is 66.0 cm³/mol. The summed E-state index contributed by atoms with van der Waals surface area (Å²) in [7, 11) is 3.47. The van der Waals surface area contributed by atoms with Crippen LogP contribution in [0, 0.1) is 0 Å². The molecule has 4 nitrogen and oxygen atoms in total. The largest absolute Gasteiger partial charge is 0.490 e. The van der Waals surface area contributed by atoms with Crippen molar-refractivity contribution in [2.75, 3.05) is 14.1 Å². The van der Waals surface area contributed by atoms with Gasteiger partial charge in [-0.2, -0.15) is 0 Å². The summed E-state index contributed by atoms with van der Waals surface area (Å²) in [5.74, 6) is 0.784. The molecule has 2 N–H and O–H groups in total. The molecule has 0 unspecified atom stereocenters. The fraction of sp³-hybridized carbons (Fsp3) is 0.462. The van der Waals surface area contributed by atoms with Crippen molar-refractivity contribution in [3.05, 3.63) is 29.3 Å². The monoisotopic (exact) mass is 234 g/mol. The van der Waals surface area contributed by atoms with E-state index in [0.29, 0.717) is 18.2 Å². The Labute approximate surface area is 101 Å². The van der Waals surface area contributed by atoms with E-state index in [2.05, 4.69) is 0 Å². The van der Waals surface area contributed by atoms with Crippen molar-refractivity contribution in [2.45, 2.75) is 25.5 Å². The smallest absolute Gasteiger partial charge is 0.253 e. The van der Waals surface area contributed by atoms with Crippen LogP contribution >= 0.6 is 0 Å². The van der Waals surface area contributed by atoms with E-state index in [0.717, 1.165) is 24.2 Å². The van der Waals surface area contributed by atoms with Gasteiger partial charge in [0.2, 0.25) is 0 Å². The maximum atomic E-state index is 11.9. The molecule has 4 heteroatoms. The number of hydrogen-bond acceptors (Lipinski definition) is 3. The Kier molecular flexibility index (Phi) is 3.33. The molecule has 92 valence electrons. The molecular formula is C13H18N2O2. The highest BCUT2D eigenvalue weighted by Crippen LogP contribution is 2.28. The van der Waals surface area contributed by atoms with Gasteiger partial charge in [-0.05, 0) is 36.6 Å². The van der Waals surface area contributed by atoms with Gasteiger partial charge in [0.05, 0.1) is 6.10 Å². The van der Waals surface area contributed by atoms with Crippen molar-refractivity contribution in [1.82, 2.24) is 4.90 Å². The van der Waals surface area contributed by atoms with Crippen molar-refractivity contribution >= 4 is 5.91 Å². The number of carbonyl (C=O) groups is 1. The van der Waals surface area contributed by atoms with Crippen LogP contribution in [0.5, 0.6) is 5.75 Å². The van der Waals surface area contributed by atoms with Gasteiger partial charge in [-0.15, -0.1) is 0 Å². The minimum Gasteiger partial charge on any atom is -0.490 e. The number of nitrogens with zero attached hydrogens (tertiary/aromatic N) is 1. The molecule has 1 aliphatic rings. The van der Waals surface area contributed by atoms with Crippen molar-refractivity contribution in [2.24, 2.45) is 5.73 Å². The number of ether oxygens (including phenoxy) is 1. The lowest BCUT2D eigenvalue weighted by molar-refractivity contribution is 0.0826. The highest BCUT2D eigenvalue weighted by Gasteiger charge is 2.24. The van der Waals surface area contributed by atoms with Crippen LogP contribution in [0.3, 0.4) is 0 Å². The van der Waals surface area contributed by atoms with Gasteiger partial charge in [-0.1, -0.05) is 0 Å². The lowest BCUT2D eigenvalue weighted by Gasteiger charge is -2.14. The van der Waals surface area contributed by atoms with Crippen LogP contribution in [0.1, 0.15) is 28.8 Å². The third kappa shape index (κ3) is 2.77. The average Bonchev–Trinajstić information content (AvgIpc) is 3.11. The molecule has 1 aromatic carbocycles. The average molecular weight is 234 g/mol. The normalized spacial score (nSPS) is 14.5. The zero-order valence-corrected chi connectivity index (χ0v) is 10.3. The zero-order chi connectivity index (χ0) is 12.4. The minimum absolute atomic E-state index is 0.0246. The highest BCUT2D eigenvalue weighted by atomic mass is 16.5. The molecule has 1 aromatic rings. The number of nitrogens with two attached hydrogens (primary N) is 1. The summed E-state index contributed by atoms with van der Waals surface area (Å²) in [5, 5.41) is 0. The maximum absolute atomic E-state index is 11.9. The molecule has 0 aromatic heterocycles. The van der Waals surface area contributed by atoms with Crippen LogP contribution in [0.2, 0.25) is 0 Å². The first-order chi connectivity index (χ1) is 8.11. The van der Waals surface area contributed by atoms with Gasteiger partial charge >= 0.3 is 0 Å². The van der Waals surface area contributed by atoms with Crippen LogP contribution in [0.4, 0.5) is 0 Å². The standard InChI is InChI=1S/C13H18N2O2/c1-15(2)13(16)12-6-5-11(7-9(12)8-14)17-10-3-4-10/h5-7,10H,3-4,8,14H2,1-2H3. The second kappa shape index (κ2) is 4.75. The molecule has 0 saturated heterocycles. The van der Waals surface area contributed by atoms with Crippen molar-refractivity contribution in [3.8, 4) is 5.75 Å². The SMILES string of the molecule is CN(C)C(=O)c1ccc(OC2CC2)cc1CN. The van der Waals surface area contributed by atoms with E-state index in [-0.39, 0.29) is 5.91 Å². The van der Waals surface area contributed by atoms with E-state index in [1.165, 1.54) is 0 Å². The summed E-state index contributed by atoms with van der Waals surface area (Å²) in [6, 6.07) is 5.51. The summed E-state index contributed by atoms with van der Waals surface area (Å²) in [6.45, 7) is 0.344. The Balaban J connectivity index is 2.23. The van der Waals surface area contributed by atoms with Gasteiger partial charge in [0.25, 0.3) is 5.91 Å². The van der Waals surface area contributed by atoms with E-state index in [9.17, 15) is 4.79 Å². The van der Waals surface area contributed by atoms with Gasteiger partial charge < -0.3 is 15.4 Å². The number of hydrogen-bond donors (Lipinski definition) is 1. The second-order valence-corrected chi connectivity index (χ2v) is 4.54. The van der Waals surface area contributed by atoms with Gasteiger partial charge in [0, 0.05) is 26.2 Å². The number of carbonyl (C=O) groups excluding carboxylic acids is 1. The topological polar surface area (TPSA) is 55.6 Å². The molecule has 0 atom stereocenters. The van der Waals surface area contributed by atoms with Crippen molar-refractivity contribution in [3.63, 3.8) is 0 Å². The molecule has 0 heterocycles. The highest BCUT2D eigenvalue weighted by molar-refractivity contribution is 5.95. The molecule has 1 saturated carbocycles. The molecule has 0 bridgehead atoms. The molecule has 1 amide bonds. The predicted octanol–water partition coefficient (Wildman–Crippen LogP) is 1.39. The third-order valence-electron chi connectivity index (χ3n) is 2.76. The van der Waals surface area contributed by atoms with Crippen molar-refractivity contribution < 1.29 is 9.53 Å². The molecule has 0 spiro atoms. The summed E-state index contributed by atoms with van der Waals surface area (Å²) < 4.78 is 5.68. The molecule has 1 aliphatic carbocycles. The number of benzene rings is 1. The maximum Gasteiger partial charge on any atom is 0.253 e. The van der Waals surface area contributed by atoms with Gasteiger partial charge in [-0.25, -0.2) is 0 Å². The van der Waals surface area contributed by atoms with Crippen LogP contribution in [0.15, 0.2) is 18.2 Å². The Hall–Kier alpha value is -1.55. The Morgan fingerprint density at radius 1 is 1.47 bits per heavy atom. The summed E-state index contributed by atoms with van der Waals surface area (Å²) in [5.41, 5.74) is 7.17. The molecule has 0 radical (unpaired) electrons. The van der Waals surface area contributed by atoms with Crippen LogP contribution in [-0.4, -0.2) is 31.0 Å². The Bertz CT molecular complexity index is 425. The lowest BCUT2D eigenvalue weighted by atomic mass is 10.1. The van der Waals surface area contributed by atoms with Crippen molar-refractivity contribution in [1.29, 1.82) is 0 Å². The van der Waals surface area contributed by atoms with E-state index >= 15 is 0 Å². The number of rotatable bonds is 4. The van der Waals surface area contributed by atoms with Crippen LogP contribution < -0.4 is 10.5 Å². The third-order valence-corrected chi connectivity index (χ3v) is 2.76. The quantitative estimate of drug-likeness (QED) is 0.856. The second-order valence-electron chi connectivity index (χ2n) is 4.54. The van der Waals surface area contributed by atoms with E-state index in [4.69, 9.17) is 10.5 Å². The first-order valence-corrected chi connectivity index (χ1v) is 5.83. The van der Waals surface area contributed by atoms with Gasteiger partial charge in [-0.3, -0.25) is 4.79 Å². The molecule has 1 fully saturated rings.